The van der Waals surface area contributed by atoms with Crippen molar-refractivity contribution in [2.24, 2.45) is 0 Å². The Balaban J connectivity index is 1.60. The van der Waals surface area contributed by atoms with E-state index in [0.717, 1.165) is 28.1 Å². The Hall–Kier alpha value is -3.08. The number of nitrogens with one attached hydrogen (secondary N) is 1. The smallest absolute Gasteiger partial charge is 0.261 e. The predicted molar refractivity (Wildman–Crippen MR) is 101 cm³/mol. The van der Waals surface area contributed by atoms with Gasteiger partial charge in [-0.25, -0.2) is 4.68 Å². The van der Waals surface area contributed by atoms with E-state index in [4.69, 9.17) is 4.74 Å². The maximum atomic E-state index is 12.4. The summed E-state index contributed by atoms with van der Waals surface area (Å²) < 4.78 is 7.62. The second-order valence-corrected chi connectivity index (χ2v) is 6.37. The van der Waals surface area contributed by atoms with Crippen LogP contribution in [0.5, 0.6) is 5.75 Å². The Kier molecular flexibility index (Phi) is 5.37. The molecule has 26 heavy (non-hydrogen) atoms. The van der Waals surface area contributed by atoms with Crippen molar-refractivity contribution in [2.75, 3.05) is 0 Å². The highest BCUT2D eigenvalue weighted by Gasteiger charge is 2.15. The number of nitrogens with zero attached hydrogens (tertiary/aromatic N) is 2. The number of rotatable bonds is 6. The van der Waals surface area contributed by atoms with Gasteiger partial charge in [0.2, 0.25) is 0 Å². The normalized spacial score (nSPS) is 11.8. The van der Waals surface area contributed by atoms with Crippen LogP contribution in [0, 0.1) is 13.8 Å². The number of hydrogen-bond acceptors (Lipinski definition) is 3. The van der Waals surface area contributed by atoms with Gasteiger partial charge in [-0.2, -0.15) is 5.10 Å². The van der Waals surface area contributed by atoms with Crippen LogP contribution in [0.2, 0.25) is 0 Å². The molecular formula is C21H23N3O2. The molecule has 0 spiro atoms. The zero-order chi connectivity index (χ0) is 18.5. The molecule has 0 saturated carbocycles. The Labute approximate surface area is 153 Å². The zero-order valence-corrected chi connectivity index (χ0v) is 15.3. The first kappa shape index (κ1) is 17.7. The minimum Gasteiger partial charge on any atom is -0.481 e. The summed E-state index contributed by atoms with van der Waals surface area (Å²) in [4.78, 5) is 12.4. The van der Waals surface area contributed by atoms with Crippen molar-refractivity contribution in [3.63, 3.8) is 0 Å². The quantitative estimate of drug-likeness (QED) is 0.740. The van der Waals surface area contributed by atoms with Gasteiger partial charge in [0, 0.05) is 18.9 Å². The van der Waals surface area contributed by atoms with E-state index in [0.29, 0.717) is 6.54 Å². The van der Waals surface area contributed by atoms with Crippen molar-refractivity contribution in [1.29, 1.82) is 0 Å². The maximum Gasteiger partial charge on any atom is 0.261 e. The number of aromatic nitrogens is 2. The van der Waals surface area contributed by atoms with Gasteiger partial charge in [-0.1, -0.05) is 24.3 Å². The zero-order valence-electron chi connectivity index (χ0n) is 15.3. The molecule has 134 valence electrons. The minimum absolute atomic E-state index is 0.143. The van der Waals surface area contributed by atoms with Gasteiger partial charge >= 0.3 is 0 Å². The highest BCUT2D eigenvalue weighted by molar-refractivity contribution is 5.80. The number of amides is 1. The van der Waals surface area contributed by atoms with Crippen LogP contribution in [0.1, 0.15) is 23.6 Å². The second-order valence-electron chi connectivity index (χ2n) is 6.37. The largest absolute Gasteiger partial charge is 0.481 e. The predicted octanol–water partition coefficient (Wildman–Crippen LogP) is 3.57. The summed E-state index contributed by atoms with van der Waals surface area (Å²) in [5.74, 6) is 0.601. The molecule has 0 unspecified atom stereocenters. The Morgan fingerprint density at radius 3 is 2.81 bits per heavy atom. The molecule has 0 radical (unpaired) electrons. The lowest BCUT2D eigenvalue weighted by molar-refractivity contribution is -0.127. The first-order chi connectivity index (χ1) is 12.5. The highest BCUT2D eigenvalue weighted by atomic mass is 16.5. The molecule has 5 nitrogen and oxygen atoms in total. The number of carbonyl (C=O) groups is 1. The van der Waals surface area contributed by atoms with Crippen molar-refractivity contribution in [3.05, 3.63) is 77.6 Å². The van der Waals surface area contributed by atoms with Gasteiger partial charge in [-0.3, -0.25) is 4.79 Å². The topological polar surface area (TPSA) is 56.1 Å². The Morgan fingerprint density at radius 1 is 1.19 bits per heavy atom. The van der Waals surface area contributed by atoms with Crippen molar-refractivity contribution < 1.29 is 9.53 Å². The van der Waals surface area contributed by atoms with Gasteiger partial charge in [-0.05, 0) is 61.7 Å². The molecule has 1 atom stereocenters. The molecule has 2 aromatic carbocycles. The SMILES string of the molecule is Cc1ccc(C)c(O[C@H](C)C(=O)NCc2cccc(-n3cccn3)c2)c1. The highest BCUT2D eigenvalue weighted by Crippen LogP contribution is 2.20. The number of hydrogen-bond donors (Lipinski definition) is 1. The standard InChI is InChI=1S/C21H23N3O2/c1-15-8-9-16(2)20(12-15)26-17(3)21(25)22-14-18-6-4-7-19(13-18)24-11-5-10-23-24/h4-13,17H,14H2,1-3H3,(H,22,25)/t17-/m1/s1. The number of ether oxygens (including phenoxy) is 1. The van der Waals surface area contributed by atoms with E-state index >= 15 is 0 Å². The van der Waals surface area contributed by atoms with Crippen LogP contribution in [0.15, 0.2) is 60.9 Å². The molecule has 0 fully saturated rings. The van der Waals surface area contributed by atoms with Crippen molar-refractivity contribution >= 4 is 5.91 Å². The minimum atomic E-state index is -0.565. The molecule has 0 aliphatic carbocycles. The molecular weight excluding hydrogens is 326 g/mol. The third-order valence-corrected chi connectivity index (χ3v) is 4.16. The average Bonchev–Trinajstić information content (AvgIpc) is 3.17. The van der Waals surface area contributed by atoms with E-state index in [1.807, 2.05) is 68.6 Å². The first-order valence-electron chi connectivity index (χ1n) is 8.63. The van der Waals surface area contributed by atoms with Crippen LogP contribution in [0.25, 0.3) is 5.69 Å². The average molecular weight is 349 g/mol. The van der Waals surface area contributed by atoms with E-state index < -0.39 is 6.10 Å². The van der Waals surface area contributed by atoms with Crippen LogP contribution < -0.4 is 10.1 Å². The van der Waals surface area contributed by atoms with Crippen molar-refractivity contribution in [3.8, 4) is 11.4 Å². The van der Waals surface area contributed by atoms with E-state index in [-0.39, 0.29) is 5.91 Å². The lowest BCUT2D eigenvalue weighted by atomic mass is 10.1. The number of carbonyl (C=O) groups excluding carboxylic acids is 1. The molecule has 5 heteroatoms. The molecule has 1 heterocycles. The van der Waals surface area contributed by atoms with Crippen LogP contribution in [0.3, 0.4) is 0 Å². The molecule has 0 bridgehead atoms. The van der Waals surface area contributed by atoms with Gasteiger partial charge < -0.3 is 10.1 Å². The summed E-state index contributed by atoms with van der Waals surface area (Å²) in [5.41, 5.74) is 4.09. The summed E-state index contributed by atoms with van der Waals surface area (Å²) in [7, 11) is 0. The van der Waals surface area contributed by atoms with Crippen LogP contribution >= 0.6 is 0 Å². The maximum absolute atomic E-state index is 12.4. The molecule has 1 N–H and O–H groups in total. The molecule has 1 aromatic heterocycles. The lowest BCUT2D eigenvalue weighted by Gasteiger charge is -2.17. The first-order valence-corrected chi connectivity index (χ1v) is 8.63. The van der Waals surface area contributed by atoms with Crippen LogP contribution in [-0.2, 0) is 11.3 Å². The van der Waals surface area contributed by atoms with Crippen molar-refractivity contribution in [2.45, 2.75) is 33.4 Å². The summed E-state index contributed by atoms with van der Waals surface area (Å²) in [6.07, 6.45) is 3.06. The van der Waals surface area contributed by atoms with Crippen LogP contribution in [-0.4, -0.2) is 21.8 Å². The fourth-order valence-electron chi connectivity index (χ4n) is 2.64. The van der Waals surface area contributed by atoms with E-state index in [2.05, 4.69) is 10.4 Å². The fourth-order valence-corrected chi connectivity index (χ4v) is 2.64. The second kappa shape index (κ2) is 7.87. The van der Waals surface area contributed by atoms with Gasteiger partial charge in [-0.15, -0.1) is 0 Å². The summed E-state index contributed by atoms with van der Waals surface area (Å²) >= 11 is 0. The van der Waals surface area contributed by atoms with Crippen molar-refractivity contribution in [1.82, 2.24) is 15.1 Å². The number of aryl methyl sites for hydroxylation is 2. The Morgan fingerprint density at radius 2 is 2.04 bits per heavy atom. The van der Waals surface area contributed by atoms with Gasteiger partial charge in [0.05, 0.1) is 5.69 Å². The summed E-state index contributed by atoms with van der Waals surface area (Å²) in [6.45, 7) is 6.18. The molecule has 0 aliphatic heterocycles. The number of benzene rings is 2. The summed E-state index contributed by atoms with van der Waals surface area (Å²) in [5, 5.41) is 7.15. The van der Waals surface area contributed by atoms with E-state index in [9.17, 15) is 4.79 Å². The Bertz CT molecular complexity index is 888. The van der Waals surface area contributed by atoms with Gasteiger partial charge in [0.15, 0.2) is 6.10 Å². The fraction of sp³-hybridized carbons (Fsp3) is 0.238. The lowest BCUT2D eigenvalue weighted by Crippen LogP contribution is -2.36. The summed E-state index contributed by atoms with van der Waals surface area (Å²) in [6, 6.07) is 15.8. The van der Waals surface area contributed by atoms with Crippen LogP contribution in [0.4, 0.5) is 0 Å². The molecule has 3 rings (SSSR count). The monoisotopic (exact) mass is 349 g/mol. The molecule has 0 saturated heterocycles. The third kappa shape index (κ3) is 4.30. The van der Waals surface area contributed by atoms with Gasteiger partial charge in [0.25, 0.3) is 5.91 Å². The van der Waals surface area contributed by atoms with E-state index in [1.165, 1.54) is 0 Å². The molecule has 1 amide bonds. The molecule has 3 aromatic rings. The van der Waals surface area contributed by atoms with E-state index in [1.54, 1.807) is 17.8 Å². The third-order valence-electron chi connectivity index (χ3n) is 4.16. The molecule has 0 aliphatic rings. The van der Waals surface area contributed by atoms with Gasteiger partial charge in [0.1, 0.15) is 5.75 Å².